The van der Waals surface area contributed by atoms with Crippen LogP contribution in [0.15, 0.2) is 42.6 Å². The maximum atomic E-state index is 12.2. The first-order valence-corrected chi connectivity index (χ1v) is 7.02. The molecular weight excluding hydrogens is 293 g/mol. The molecule has 2 heterocycles. The summed E-state index contributed by atoms with van der Waals surface area (Å²) in [5.41, 5.74) is 3.02. The van der Waals surface area contributed by atoms with E-state index in [2.05, 4.69) is 20.0 Å². The molecule has 0 fully saturated rings. The zero-order valence-corrected chi connectivity index (χ0v) is 12.7. The molecule has 3 rings (SSSR count). The lowest BCUT2D eigenvalue weighted by Crippen LogP contribution is -2.14. The van der Waals surface area contributed by atoms with Gasteiger partial charge in [0.1, 0.15) is 19.2 Å². The summed E-state index contributed by atoms with van der Waals surface area (Å²) in [5, 5.41) is 3.51. The summed E-state index contributed by atoms with van der Waals surface area (Å²) in [6, 6.07) is 10.7. The van der Waals surface area contributed by atoms with Crippen molar-refractivity contribution in [1.29, 1.82) is 0 Å². The fourth-order valence-electron chi connectivity index (χ4n) is 2.29. The molecule has 2 aromatic heterocycles. The van der Waals surface area contributed by atoms with Crippen molar-refractivity contribution in [2.45, 2.75) is 0 Å². The van der Waals surface area contributed by atoms with Gasteiger partial charge in [0, 0.05) is 10.9 Å². The average molecular weight is 307 g/mol. The average Bonchev–Trinajstić information content (AvgIpc) is 2.97. The monoisotopic (exact) mass is 307 g/mol. The van der Waals surface area contributed by atoms with Crippen molar-refractivity contribution in [3.8, 4) is 0 Å². The molecule has 1 aromatic carbocycles. The molecule has 0 aliphatic heterocycles. The molecule has 0 bridgehead atoms. The number of fused-ring (bicyclic) bond motifs is 1. The number of anilines is 1. The zero-order valence-electron chi connectivity index (χ0n) is 12.7. The highest BCUT2D eigenvalue weighted by molar-refractivity contribution is 6.32. The van der Waals surface area contributed by atoms with Crippen molar-refractivity contribution in [2.24, 2.45) is 0 Å². The number of hydrogen-bond acceptors (Lipinski definition) is 4. The Labute approximate surface area is 133 Å². The quantitative estimate of drug-likeness (QED) is 0.555. The van der Waals surface area contributed by atoms with Crippen molar-refractivity contribution < 1.29 is 14.3 Å². The minimum atomic E-state index is -0.464. The van der Waals surface area contributed by atoms with Gasteiger partial charge in [-0.05, 0) is 18.2 Å². The zero-order chi connectivity index (χ0) is 16.4. The number of ether oxygens (including phenoxy) is 1. The minimum absolute atomic E-state index is 0.210. The van der Waals surface area contributed by atoms with E-state index in [1.807, 2.05) is 26.0 Å². The van der Waals surface area contributed by atoms with Gasteiger partial charge < -0.3 is 15.0 Å². The summed E-state index contributed by atoms with van der Waals surface area (Å²) < 4.78 is 4.66. The molecule has 114 valence electrons. The molecule has 0 spiro atoms. The van der Waals surface area contributed by atoms with E-state index in [9.17, 15) is 9.59 Å². The van der Waals surface area contributed by atoms with Gasteiger partial charge >= 0.3 is 5.97 Å². The smallest absolute Gasteiger partial charge is 0.354 e. The van der Waals surface area contributed by atoms with Gasteiger partial charge in [-0.3, -0.25) is 4.79 Å². The molecular formula is C16H14BN3O3. The molecule has 6 nitrogen and oxygen atoms in total. The summed E-state index contributed by atoms with van der Waals surface area (Å²) in [7, 11) is 3.24. The van der Waals surface area contributed by atoms with Crippen LogP contribution in [0.5, 0.6) is 0 Å². The Morgan fingerprint density at radius 2 is 2.09 bits per heavy atom. The van der Waals surface area contributed by atoms with E-state index < -0.39 is 5.97 Å². The Bertz CT molecular complexity index is 904. The van der Waals surface area contributed by atoms with E-state index in [-0.39, 0.29) is 5.91 Å². The molecule has 1 amide bonds. The number of aromatic nitrogens is 2. The number of nitrogens with zero attached hydrogens (tertiary/aromatic N) is 1. The molecule has 7 heteroatoms. The first-order valence-electron chi connectivity index (χ1n) is 7.02. The number of amides is 1. The van der Waals surface area contributed by atoms with Gasteiger partial charge in [-0.25, -0.2) is 9.78 Å². The number of pyridine rings is 1. The summed E-state index contributed by atoms with van der Waals surface area (Å²) in [5.74, 6) is -0.674. The first-order chi connectivity index (χ1) is 11.1. The molecule has 0 aliphatic carbocycles. The molecule has 0 saturated heterocycles. The normalized spacial score (nSPS) is 10.5. The van der Waals surface area contributed by atoms with Crippen LogP contribution in [0.1, 0.15) is 20.8 Å². The summed E-state index contributed by atoms with van der Waals surface area (Å²) >= 11 is 0. The van der Waals surface area contributed by atoms with Gasteiger partial charge in [-0.1, -0.05) is 23.7 Å². The molecule has 0 unspecified atom stereocenters. The highest BCUT2D eigenvalue weighted by atomic mass is 16.5. The lowest BCUT2D eigenvalue weighted by molar-refractivity contribution is 0.0595. The summed E-state index contributed by atoms with van der Waals surface area (Å²) in [4.78, 5) is 30.8. The Morgan fingerprint density at radius 1 is 1.26 bits per heavy atom. The Balaban J connectivity index is 1.85. The second-order valence-electron chi connectivity index (χ2n) is 5.16. The highest BCUT2D eigenvalue weighted by Crippen LogP contribution is 2.18. The van der Waals surface area contributed by atoms with Crippen LogP contribution in [0.2, 0.25) is 0 Å². The third-order valence-corrected chi connectivity index (χ3v) is 3.41. The topological polar surface area (TPSA) is 84.1 Å². The van der Waals surface area contributed by atoms with Crippen LogP contribution < -0.4 is 10.8 Å². The number of hydrogen-bond donors (Lipinski definition) is 2. The third-order valence-electron chi connectivity index (χ3n) is 3.41. The van der Waals surface area contributed by atoms with E-state index in [1.54, 1.807) is 18.2 Å². The Kier molecular flexibility index (Phi) is 3.84. The molecule has 23 heavy (non-hydrogen) atoms. The Morgan fingerprint density at radius 3 is 2.83 bits per heavy atom. The molecule has 0 radical (unpaired) electrons. The predicted molar refractivity (Wildman–Crippen MR) is 90.0 cm³/mol. The minimum Gasteiger partial charge on any atom is -0.464 e. The summed E-state index contributed by atoms with van der Waals surface area (Å²) in [6.45, 7) is 0. The van der Waals surface area contributed by atoms with Gasteiger partial charge in [-0.15, -0.1) is 0 Å². The van der Waals surface area contributed by atoms with Crippen molar-refractivity contribution in [3.63, 3.8) is 0 Å². The highest BCUT2D eigenvalue weighted by Gasteiger charge is 2.12. The SMILES string of the molecule is Bc1cccc(C(=O)Nc2cnc3[nH]c(C(=O)OC)cc3c2)c1. The third kappa shape index (κ3) is 3.08. The molecule has 0 aliphatic rings. The van der Waals surface area contributed by atoms with E-state index in [0.29, 0.717) is 28.0 Å². The number of rotatable bonds is 3. The van der Waals surface area contributed by atoms with E-state index in [0.717, 1.165) is 5.46 Å². The van der Waals surface area contributed by atoms with Crippen LogP contribution in [0.4, 0.5) is 5.69 Å². The van der Waals surface area contributed by atoms with Gasteiger partial charge in [0.25, 0.3) is 5.91 Å². The fourth-order valence-corrected chi connectivity index (χ4v) is 2.29. The van der Waals surface area contributed by atoms with Crippen molar-refractivity contribution in [1.82, 2.24) is 9.97 Å². The maximum absolute atomic E-state index is 12.2. The number of nitrogens with one attached hydrogen (secondary N) is 2. The van der Waals surface area contributed by atoms with E-state index >= 15 is 0 Å². The molecule has 0 atom stereocenters. The second-order valence-corrected chi connectivity index (χ2v) is 5.16. The van der Waals surface area contributed by atoms with Crippen LogP contribution in [0.25, 0.3) is 11.0 Å². The first kappa shape index (κ1) is 14.8. The number of aromatic amines is 1. The number of carbonyl (C=O) groups is 2. The summed E-state index contributed by atoms with van der Waals surface area (Å²) in [6.07, 6.45) is 1.54. The van der Waals surface area contributed by atoms with Crippen LogP contribution in [0.3, 0.4) is 0 Å². The van der Waals surface area contributed by atoms with Gasteiger partial charge in [0.15, 0.2) is 0 Å². The molecule has 2 N–H and O–H groups in total. The number of benzene rings is 1. The van der Waals surface area contributed by atoms with E-state index in [4.69, 9.17) is 0 Å². The lowest BCUT2D eigenvalue weighted by Gasteiger charge is -2.05. The standard InChI is InChI=1S/C16H14BN3O3/c1-23-16(22)13-7-10-6-12(8-18-14(10)20-13)19-15(21)9-3-2-4-11(17)5-9/h2-8H,17H2,1H3,(H,18,20)(H,19,21). The van der Waals surface area contributed by atoms with Crippen LogP contribution in [0, 0.1) is 0 Å². The van der Waals surface area contributed by atoms with Crippen molar-refractivity contribution in [3.05, 3.63) is 53.9 Å². The van der Waals surface area contributed by atoms with Crippen molar-refractivity contribution >= 4 is 41.9 Å². The van der Waals surface area contributed by atoms with Crippen LogP contribution >= 0.6 is 0 Å². The van der Waals surface area contributed by atoms with Gasteiger partial charge in [0.2, 0.25) is 0 Å². The van der Waals surface area contributed by atoms with Crippen LogP contribution in [-0.2, 0) is 4.74 Å². The van der Waals surface area contributed by atoms with Crippen molar-refractivity contribution in [2.75, 3.05) is 12.4 Å². The van der Waals surface area contributed by atoms with Gasteiger partial charge in [-0.2, -0.15) is 0 Å². The van der Waals surface area contributed by atoms with E-state index in [1.165, 1.54) is 13.3 Å². The number of esters is 1. The van der Waals surface area contributed by atoms with Crippen LogP contribution in [-0.4, -0.2) is 36.8 Å². The molecule has 0 saturated carbocycles. The number of H-pyrrole nitrogens is 1. The number of methoxy groups -OCH3 is 1. The van der Waals surface area contributed by atoms with Gasteiger partial charge in [0.05, 0.1) is 19.0 Å². The second kappa shape index (κ2) is 5.96. The largest absolute Gasteiger partial charge is 0.464 e. The maximum Gasteiger partial charge on any atom is 0.354 e. The molecule has 3 aromatic rings. The fraction of sp³-hybridized carbons (Fsp3) is 0.0625. The number of carbonyl (C=O) groups excluding carboxylic acids is 2. The predicted octanol–water partition coefficient (Wildman–Crippen LogP) is 0.860. The Hall–Kier alpha value is -3.09. The lowest BCUT2D eigenvalue weighted by atomic mass is 9.94.